The third-order valence-corrected chi connectivity index (χ3v) is 5.41. The predicted molar refractivity (Wildman–Crippen MR) is 86.2 cm³/mol. The van der Waals surface area contributed by atoms with Crippen LogP contribution < -0.4 is 0 Å². The Kier molecular flexibility index (Phi) is 5.36. The number of ether oxygens (including phenoxy) is 2. The Balaban J connectivity index is 1.81. The van der Waals surface area contributed by atoms with E-state index in [1.165, 1.54) is 6.07 Å². The maximum Gasteiger partial charge on any atom is 0.254 e. The molecule has 1 aromatic rings. The van der Waals surface area contributed by atoms with Gasteiger partial charge in [0.2, 0.25) is 0 Å². The molecule has 7 heteroatoms. The number of halogens is 2. The molecule has 0 radical (unpaired) electrons. The summed E-state index contributed by atoms with van der Waals surface area (Å²) >= 11 is 0. The van der Waals surface area contributed by atoms with E-state index < -0.39 is 17.2 Å². The van der Waals surface area contributed by atoms with Crippen molar-refractivity contribution in [2.75, 3.05) is 26.9 Å². The summed E-state index contributed by atoms with van der Waals surface area (Å²) in [7, 11) is 1.65. The van der Waals surface area contributed by atoms with Crippen molar-refractivity contribution in [1.82, 2.24) is 4.90 Å². The molecule has 2 fully saturated rings. The highest BCUT2D eigenvalue weighted by atomic mass is 19.2. The van der Waals surface area contributed by atoms with Gasteiger partial charge in [-0.05, 0) is 43.9 Å². The van der Waals surface area contributed by atoms with Crippen LogP contribution in [0.15, 0.2) is 18.2 Å². The Bertz CT molecular complexity index is 642. The van der Waals surface area contributed by atoms with Crippen LogP contribution in [0.25, 0.3) is 0 Å². The molecule has 1 aliphatic heterocycles. The van der Waals surface area contributed by atoms with Crippen LogP contribution in [-0.2, 0) is 9.47 Å². The van der Waals surface area contributed by atoms with Crippen LogP contribution in [0.2, 0.25) is 0 Å². The van der Waals surface area contributed by atoms with Gasteiger partial charge in [0.1, 0.15) is 0 Å². The maximum absolute atomic E-state index is 13.5. The molecule has 1 heterocycles. The minimum atomic E-state index is -1.03. The van der Waals surface area contributed by atoms with Crippen molar-refractivity contribution in [2.45, 2.75) is 43.4 Å². The average Bonchev–Trinajstić information content (AvgIpc) is 3.01. The van der Waals surface area contributed by atoms with Gasteiger partial charge < -0.3 is 19.5 Å². The van der Waals surface area contributed by atoms with Crippen LogP contribution in [0.4, 0.5) is 8.78 Å². The second kappa shape index (κ2) is 7.35. The minimum absolute atomic E-state index is 0.0475. The zero-order chi connectivity index (χ0) is 18.0. The van der Waals surface area contributed by atoms with Crippen molar-refractivity contribution in [3.8, 4) is 0 Å². The van der Waals surface area contributed by atoms with Crippen molar-refractivity contribution < 1.29 is 28.2 Å². The van der Waals surface area contributed by atoms with Gasteiger partial charge in [-0.25, -0.2) is 8.78 Å². The molecule has 5 nitrogen and oxygen atoms in total. The van der Waals surface area contributed by atoms with Gasteiger partial charge in [0.25, 0.3) is 5.91 Å². The summed E-state index contributed by atoms with van der Waals surface area (Å²) in [6.07, 6.45) is 2.81. The van der Waals surface area contributed by atoms with Gasteiger partial charge in [-0.15, -0.1) is 0 Å². The van der Waals surface area contributed by atoms with E-state index >= 15 is 0 Å². The number of carbonyl (C=O) groups is 1. The quantitative estimate of drug-likeness (QED) is 0.879. The third-order valence-electron chi connectivity index (χ3n) is 5.41. The number of hydrogen-bond acceptors (Lipinski definition) is 4. The van der Waals surface area contributed by atoms with Crippen LogP contribution in [-0.4, -0.2) is 60.5 Å². The van der Waals surface area contributed by atoms with E-state index in [4.69, 9.17) is 14.6 Å². The van der Waals surface area contributed by atoms with Crippen molar-refractivity contribution >= 4 is 5.91 Å². The molecular formula is C18H23F2NO4. The van der Waals surface area contributed by atoms with Gasteiger partial charge in [0.15, 0.2) is 11.6 Å². The Morgan fingerprint density at radius 3 is 2.84 bits per heavy atom. The van der Waals surface area contributed by atoms with Crippen molar-refractivity contribution in [1.29, 1.82) is 0 Å². The number of benzene rings is 1. The summed E-state index contributed by atoms with van der Waals surface area (Å²) in [5.74, 6) is -2.33. The second-order valence-corrected chi connectivity index (χ2v) is 6.65. The molecule has 0 aromatic heterocycles. The SMILES string of the molecule is CO[C@@]12CCC(OCCO)CC1N(C(=O)c1ccc(F)c(F)c1)CC2. The lowest BCUT2D eigenvalue weighted by Crippen LogP contribution is -2.53. The van der Waals surface area contributed by atoms with Crippen molar-refractivity contribution in [3.63, 3.8) is 0 Å². The second-order valence-electron chi connectivity index (χ2n) is 6.65. The first-order chi connectivity index (χ1) is 12.0. The zero-order valence-corrected chi connectivity index (χ0v) is 14.2. The molecule has 2 aliphatic rings. The highest BCUT2D eigenvalue weighted by Gasteiger charge is 2.52. The summed E-state index contributed by atoms with van der Waals surface area (Å²) in [4.78, 5) is 14.5. The number of likely N-dealkylation sites (tertiary alicyclic amines) is 1. The van der Waals surface area contributed by atoms with Crippen molar-refractivity contribution in [2.24, 2.45) is 0 Å². The lowest BCUT2D eigenvalue weighted by Gasteiger charge is -2.43. The molecular weight excluding hydrogens is 332 g/mol. The van der Waals surface area contributed by atoms with Crippen LogP contribution in [0, 0.1) is 11.6 Å². The number of amides is 1. The topological polar surface area (TPSA) is 59.0 Å². The number of rotatable bonds is 5. The number of hydrogen-bond donors (Lipinski definition) is 1. The van der Waals surface area contributed by atoms with Gasteiger partial charge >= 0.3 is 0 Å². The van der Waals surface area contributed by atoms with Crippen molar-refractivity contribution in [3.05, 3.63) is 35.4 Å². The van der Waals surface area contributed by atoms with Gasteiger partial charge in [-0.2, -0.15) is 0 Å². The molecule has 1 aromatic carbocycles. The number of fused-ring (bicyclic) bond motifs is 1. The van der Waals surface area contributed by atoms with E-state index in [0.717, 1.165) is 25.0 Å². The molecule has 138 valence electrons. The fraction of sp³-hybridized carbons (Fsp3) is 0.611. The molecule has 3 atom stereocenters. The lowest BCUT2D eigenvalue weighted by molar-refractivity contribution is -0.0992. The third kappa shape index (κ3) is 3.41. The molecule has 1 N–H and O–H groups in total. The van der Waals surface area contributed by atoms with E-state index in [1.807, 2.05) is 0 Å². The molecule has 1 saturated carbocycles. The van der Waals surface area contributed by atoms with Gasteiger partial charge in [-0.3, -0.25) is 4.79 Å². The van der Waals surface area contributed by atoms with E-state index in [0.29, 0.717) is 19.4 Å². The standard InChI is InChI=1S/C18H23F2NO4/c1-24-18-5-4-13(25-9-8-22)11-16(18)21(7-6-18)17(23)12-2-3-14(19)15(20)10-12/h2-3,10,13,16,22H,4-9,11H2,1H3/t13?,16?,18-/m1/s1. The van der Waals surface area contributed by atoms with E-state index in [2.05, 4.69) is 0 Å². The Hall–Kier alpha value is -1.57. The summed E-state index contributed by atoms with van der Waals surface area (Å²) in [5, 5.41) is 8.94. The van der Waals surface area contributed by atoms with Crippen LogP contribution in [0.5, 0.6) is 0 Å². The molecule has 25 heavy (non-hydrogen) atoms. The molecule has 1 saturated heterocycles. The van der Waals surface area contributed by atoms with Crippen LogP contribution in [0.1, 0.15) is 36.0 Å². The number of aliphatic hydroxyl groups is 1. The summed E-state index contributed by atoms with van der Waals surface area (Å²) < 4.78 is 38.1. The summed E-state index contributed by atoms with van der Waals surface area (Å²) in [5.41, 5.74) is -0.294. The molecule has 0 spiro atoms. The molecule has 2 unspecified atom stereocenters. The monoisotopic (exact) mass is 355 g/mol. The maximum atomic E-state index is 13.5. The number of carbonyl (C=O) groups excluding carboxylic acids is 1. The van der Waals surface area contributed by atoms with Crippen LogP contribution in [0.3, 0.4) is 0 Å². The number of aliphatic hydroxyl groups excluding tert-OH is 1. The Morgan fingerprint density at radius 1 is 1.36 bits per heavy atom. The largest absolute Gasteiger partial charge is 0.394 e. The van der Waals surface area contributed by atoms with Gasteiger partial charge in [-0.1, -0.05) is 0 Å². The smallest absolute Gasteiger partial charge is 0.254 e. The van der Waals surface area contributed by atoms with Gasteiger partial charge in [0.05, 0.1) is 31.0 Å². The Morgan fingerprint density at radius 2 is 2.16 bits per heavy atom. The van der Waals surface area contributed by atoms with E-state index in [9.17, 15) is 13.6 Å². The molecule has 3 rings (SSSR count). The minimum Gasteiger partial charge on any atom is -0.394 e. The highest BCUT2D eigenvalue weighted by Crippen LogP contribution is 2.43. The highest BCUT2D eigenvalue weighted by molar-refractivity contribution is 5.94. The first-order valence-corrected chi connectivity index (χ1v) is 8.54. The molecule has 1 amide bonds. The van der Waals surface area contributed by atoms with E-state index in [-0.39, 0.29) is 36.8 Å². The first kappa shape index (κ1) is 18.2. The Labute approximate surface area is 145 Å². The normalized spacial score (nSPS) is 28.9. The number of methoxy groups -OCH3 is 1. The summed E-state index contributed by atoms with van der Waals surface area (Å²) in [6.45, 7) is 0.714. The fourth-order valence-corrected chi connectivity index (χ4v) is 4.07. The average molecular weight is 355 g/mol. The summed E-state index contributed by atoms with van der Waals surface area (Å²) in [6, 6.07) is 3.02. The van der Waals surface area contributed by atoms with Gasteiger partial charge in [0, 0.05) is 19.2 Å². The number of nitrogens with zero attached hydrogens (tertiary/aromatic N) is 1. The first-order valence-electron chi connectivity index (χ1n) is 8.54. The van der Waals surface area contributed by atoms with Crippen LogP contribution >= 0.6 is 0 Å². The predicted octanol–water partition coefficient (Wildman–Crippen LogP) is 2.13. The van der Waals surface area contributed by atoms with E-state index in [1.54, 1.807) is 12.0 Å². The lowest BCUT2D eigenvalue weighted by atomic mass is 9.79. The molecule has 1 aliphatic carbocycles. The fourth-order valence-electron chi connectivity index (χ4n) is 4.07. The zero-order valence-electron chi connectivity index (χ0n) is 14.2. The molecule has 0 bridgehead atoms.